The topological polar surface area (TPSA) is 46.5 Å². The molecule has 0 unspecified atom stereocenters. The smallest absolute Gasteiger partial charge is 0.450 e. The molecular formula is C8H14O3. The fourth-order valence-corrected chi connectivity index (χ4v) is 1.59. The molecule has 64 valence electrons. The average Bonchev–Trinajstić information content (AvgIpc) is 1.93. The van der Waals surface area contributed by atoms with Gasteiger partial charge in [0.25, 0.3) is 0 Å². The van der Waals surface area contributed by atoms with Crippen LogP contribution < -0.4 is 0 Å². The van der Waals surface area contributed by atoms with Crippen LogP contribution in [-0.4, -0.2) is 17.4 Å². The van der Waals surface area contributed by atoms with Crippen LogP contribution in [0.5, 0.6) is 0 Å². The minimum absolute atomic E-state index is 0.0544. The molecule has 1 N–H and O–H groups in total. The van der Waals surface area contributed by atoms with Gasteiger partial charge in [0.15, 0.2) is 0 Å². The lowest BCUT2D eigenvalue weighted by Crippen LogP contribution is -2.27. The molecule has 3 heteroatoms. The van der Waals surface area contributed by atoms with Gasteiger partial charge in [0.05, 0.1) is 0 Å². The Morgan fingerprint density at radius 1 is 1.45 bits per heavy atom. The molecule has 0 aromatic heterocycles. The van der Waals surface area contributed by atoms with E-state index >= 15 is 0 Å². The summed E-state index contributed by atoms with van der Waals surface area (Å²) in [6.07, 6.45) is 3.11. The van der Waals surface area contributed by atoms with E-state index in [0.717, 1.165) is 19.3 Å². The molecule has 11 heavy (non-hydrogen) atoms. The van der Waals surface area contributed by atoms with Gasteiger partial charge in [-0.25, -0.2) is 4.79 Å². The van der Waals surface area contributed by atoms with Crippen molar-refractivity contribution in [2.45, 2.75) is 38.7 Å². The van der Waals surface area contributed by atoms with Crippen molar-refractivity contribution >= 4 is 6.16 Å². The molecular weight excluding hydrogens is 144 g/mol. The lowest BCUT2D eigenvalue weighted by molar-refractivity contribution is 0.0113. The Bertz CT molecular complexity index is 144. The third-order valence-electron chi connectivity index (χ3n) is 2.28. The predicted molar refractivity (Wildman–Crippen MR) is 40.5 cm³/mol. The van der Waals surface area contributed by atoms with Crippen LogP contribution in [0.4, 0.5) is 4.79 Å². The molecule has 1 rings (SSSR count). The summed E-state index contributed by atoms with van der Waals surface area (Å²) in [6.45, 7) is 2.05. The minimum Gasteiger partial charge on any atom is -0.450 e. The van der Waals surface area contributed by atoms with Gasteiger partial charge in [-0.1, -0.05) is 13.3 Å². The summed E-state index contributed by atoms with van der Waals surface area (Å²) < 4.78 is 4.72. The molecule has 0 radical (unpaired) electrons. The maximum atomic E-state index is 10.2. The normalized spacial score (nSPS) is 31.4. The van der Waals surface area contributed by atoms with Crippen molar-refractivity contribution in [2.75, 3.05) is 0 Å². The SMILES string of the molecule is C[C@@H]1CCCC[C@H]1OC(=O)O. The van der Waals surface area contributed by atoms with E-state index < -0.39 is 6.16 Å². The van der Waals surface area contributed by atoms with Crippen LogP contribution in [0.2, 0.25) is 0 Å². The van der Waals surface area contributed by atoms with Crippen LogP contribution in [0.15, 0.2) is 0 Å². The zero-order valence-corrected chi connectivity index (χ0v) is 6.75. The van der Waals surface area contributed by atoms with E-state index in [1.807, 2.05) is 6.92 Å². The minimum atomic E-state index is -1.14. The highest BCUT2D eigenvalue weighted by Gasteiger charge is 2.24. The fourth-order valence-electron chi connectivity index (χ4n) is 1.59. The van der Waals surface area contributed by atoms with Crippen LogP contribution in [0.25, 0.3) is 0 Å². The maximum Gasteiger partial charge on any atom is 0.506 e. The average molecular weight is 158 g/mol. The van der Waals surface area contributed by atoms with Crippen LogP contribution in [-0.2, 0) is 4.74 Å². The van der Waals surface area contributed by atoms with E-state index in [4.69, 9.17) is 9.84 Å². The lowest BCUT2D eigenvalue weighted by atomic mass is 9.88. The van der Waals surface area contributed by atoms with Gasteiger partial charge in [-0.2, -0.15) is 0 Å². The van der Waals surface area contributed by atoms with E-state index in [1.54, 1.807) is 0 Å². The second-order valence-electron chi connectivity index (χ2n) is 3.18. The van der Waals surface area contributed by atoms with Crippen molar-refractivity contribution in [3.8, 4) is 0 Å². The van der Waals surface area contributed by atoms with Gasteiger partial charge < -0.3 is 9.84 Å². The number of ether oxygens (including phenoxy) is 1. The summed E-state index contributed by atoms with van der Waals surface area (Å²) in [5.41, 5.74) is 0. The first-order valence-corrected chi connectivity index (χ1v) is 4.09. The van der Waals surface area contributed by atoms with Gasteiger partial charge >= 0.3 is 6.16 Å². The third-order valence-corrected chi connectivity index (χ3v) is 2.28. The molecule has 0 bridgehead atoms. The van der Waals surface area contributed by atoms with Crippen molar-refractivity contribution < 1.29 is 14.6 Å². The Morgan fingerprint density at radius 2 is 2.09 bits per heavy atom. The lowest BCUT2D eigenvalue weighted by Gasteiger charge is -2.26. The van der Waals surface area contributed by atoms with Crippen molar-refractivity contribution in [2.24, 2.45) is 5.92 Å². The second-order valence-corrected chi connectivity index (χ2v) is 3.18. The molecule has 1 aliphatic carbocycles. The van der Waals surface area contributed by atoms with Gasteiger partial charge in [-0.3, -0.25) is 0 Å². The third kappa shape index (κ3) is 2.41. The molecule has 2 atom stereocenters. The van der Waals surface area contributed by atoms with Gasteiger partial charge in [0.1, 0.15) is 6.10 Å². The number of hydrogen-bond acceptors (Lipinski definition) is 2. The number of rotatable bonds is 1. The quantitative estimate of drug-likeness (QED) is 0.595. The summed E-state index contributed by atoms with van der Waals surface area (Å²) in [4.78, 5) is 10.2. The summed E-state index contributed by atoms with van der Waals surface area (Å²) in [6, 6.07) is 0. The summed E-state index contributed by atoms with van der Waals surface area (Å²) in [7, 11) is 0. The van der Waals surface area contributed by atoms with Crippen LogP contribution in [0.1, 0.15) is 32.6 Å². The fraction of sp³-hybridized carbons (Fsp3) is 0.875. The van der Waals surface area contributed by atoms with Crippen LogP contribution >= 0.6 is 0 Å². The highest BCUT2D eigenvalue weighted by molar-refractivity contribution is 5.57. The maximum absolute atomic E-state index is 10.2. The standard InChI is InChI=1S/C8H14O3/c1-6-4-2-3-5-7(6)11-8(9)10/h6-7H,2-5H2,1H3,(H,9,10)/t6-,7-/m1/s1. The molecule has 0 aromatic rings. The molecule has 3 nitrogen and oxygen atoms in total. The first kappa shape index (κ1) is 8.37. The van der Waals surface area contributed by atoms with Gasteiger partial charge in [0.2, 0.25) is 0 Å². The summed E-state index contributed by atoms with van der Waals surface area (Å²) >= 11 is 0. The zero-order valence-electron chi connectivity index (χ0n) is 6.75. The Morgan fingerprint density at radius 3 is 2.64 bits per heavy atom. The Hall–Kier alpha value is -0.730. The Kier molecular flexibility index (Phi) is 2.74. The zero-order chi connectivity index (χ0) is 8.27. The molecule has 0 heterocycles. The molecule has 1 aliphatic rings. The van der Waals surface area contributed by atoms with E-state index in [1.165, 1.54) is 6.42 Å². The van der Waals surface area contributed by atoms with Crippen molar-refractivity contribution in [3.63, 3.8) is 0 Å². The first-order chi connectivity index (χ1) is 5.20. The number of carbonyl (C=O) groups is 1. The molecule has 0 aliphatic heterocycles. The van der Waals surface area contributed by atoms with Gasteiger partial charge in [-0.15, -0.1) is 0 Å². The molecule has 0 spiro atoms. The Balaban J connectivity index is 2.35. The molecule has 1 fully saturated rings. The highest BCUT2D eigenvalue weighted by atomic mass is 16.7. The number of hydrogen-bond donors (Lipinski definition) is 1. The van der Waals surface area contributed by atoms with E-state index in [-0.39, 0.29) is 6.10 Å². The first-order valence-electron chi connectivity index (χ1n) is 4.09. The van der Waals surface area contributed by atoms with Gasteiger partial charge in [-0.05, 0) is 25.2 Å². The monoisotopic (exact) mass is 158 g/mol. The number of carboxylic acid groups (broad SMARTS) is 1. The predicted octanol–water partition coefficient (Wildman–Crippen LogP) is 2.26. The van der Waals surface area contributed by atoms with Crippen molar-refractivity contribution in [3.05, 3.63) is 0 Å². The highest BCUT2D eigenvalue weighted by Crippen LogP contribution is 2.26. The van der Waals surface area contributed by atoms with E-state index in [0.29, 0.717) is 5.92 Å². The van der Waals surface area contributed by atoms with Gasteiger partial charge in [0, 0.05) is 0 Å². The molecule has 1 saturated carbocycles. The van der Waals surface area contributed by atoms with E-state index in [2.05, 4.69) is 0 Å². The Labute approximate surface area is 66.4 Å². The molecule has 0 aromatic carbocycles. The molecule has 0 saturated heterocycles. The van der Waals surface area contributed by atoms with Crippen molar-refractivity contribution in [1.82, 2.24) is 0 Å². The van der Waals surface area contributed by atoms with Crippen LogP contribution in [0, 0.1) is 5.92 Å². The second kappa shape index (κ2) is 3.60. The molecule has 0 amide bonds. The van der Waals surface area contributed by atoms with Crippen molar-refractivity contribution in [1.29, 1.82) is 0 Å². The summed E-state index contributed by atoms with van der Waals surface area (Å²) in [5.74, 6) is 0.403. The largest absolute Gasteiger partial charge is 0.506 e. The van der Waals surface area contributed by atoms with E-state index in [9.17, 15) is 4.79 Å². The summed E-state index contributed by atoms with van der Waals surface area (Å²) in [5, 5.41) is 8.36. The van der Waals surface area contributed by atoms with Crippen LogP contribution in [0.3, 0.4) is 0 Å².